The molecule has 1 heterocycles. The highest BCUT2D eigenvalue weighted by molar-refractivity contribution is 5.31. The quantitative estimate of drug-likeness (QED) is 0.830. The van der Waals surface area contributed by atoms with Gasteiger partial charge in [0.1, 0.15) is 0 Å². The molecule has 1 fully saturated rings. The molecule has 1 unspecified atom stereocenters. The standard InChI is InChI=1S/C14H20O2/c1-10-3-4-13(9-11(10)2)14(15)12-5-7-16-8-6-12/h3-4,9,12,14-15H,5-8H2,1-2H3. The summed E-state index contributed by atoms with van der Waals surface area (Å²) < 4.78 is 5.32. The van der Waals surface area contributed by atoms with Gasteiger partial charge in [0.15, 0.2) is 0 Å². The van der Waals surface area contributed by atoms with Gasteiger partial charge in [0.2, 0.25) is 0 Å². The molecule has 0 bridgehead atoms. The molecule has 1 aromatic rings. The molecule has 1 aromatic carbocycles. The second-order valence-electron chi connectivity index (χ2n) is 4.74. The lowest BCUT2D eigenvalue weighted by Crippen LogP contribution is -2.22. The predicted octanol–water partition coefficient (Wildman–Crippen LogP) is 2.76. The van der Waals surface area contributed by atoms with Gasteiger partial charge in [-0.15, -0.1) is 0 Å². The number of aryl methyl sites for hydroxylation is 2. The largest absolute Gasteiger partial charge is 0.388 e. The highest BCUT2D eigenvalue weighted by Crippen LogP contribution is 2.30. The average Bonchev–Trinajstić information content (AvgIpc) is 2.33. The number of hydrogen-bond donors (Lipinski definition) is 1. The topological polar surface area (TPSA) is 29.5 Å². The van der Waals surface area contributed by atoms with E-state index < -0.39 is 0 Å². The molecule has 1 aliphatic heterocycles. The van der Waals surface area contributed by atoms with Crippen LogP contribution >= 0.6 is 0 Å². The van der Waals surface area contributed by atoms with Gasteiger partial charge in [-0.2, -0.15) is 0 Å². The van der Waals surface area contributed by atoms with Gasteiger partial charge in [-0.3, -0.25) is 0 Å². The van der Waals surface area contributed by atoms with Crippen molar-refractivity contribution >= 4 is 0 Å². The summed E-state index contributed by atoms with van der Waals surface area (Å²) in [6.45, 7) is 5.76. The molecule has 1 atom stereocenters. The summed E-state index contributed by atoms with van der Waals surface area (Å²) in [5.41, 5.74) is 3.58. The molecular weight excluding hydrogens is 200 g/mol. The van der Waals surface area contributed by atoms with Crippen molar-refractivity contribution in [3.8, 4) is 0 Å². The molecule has 0 saturated carbocycles. The third kappa shape index (κ3) is 2.45. The van der Waals surface area contributed by atoms with Crippen molar-refractivity contribution in [2.24, 2.45) is 5.92 Å². The lowest BCUT2D eigenvalue weighted by atomic mass is 9.88. The third-order valence-electron chi connectivity index (χ3n) is 3.58. The van der Waals surface area contributed by atoms with Crippen LogP contribution in [0.5, 0.6) is 0 Å². The predicted molar refractivity (Wildman–Crippen MR) is 64.4 cm³/mol. The van der Waals surface area contributed by atoms with E-state index in [0.717, 1.165) is 31.6 Å². The van der Waals surface area contributed by atoms with Gasteiger partial charge in [-0.1, -0.05) is 18.2 Å². The minimum absolute atomic E-state index is 0.330. The van der Waals surface area contributed by atoms with Gasteiger partial charge >= 0.3 is 0 Å². The van der Waals surface area contributed by atoms with E-state index in [1.54, 1.807) is 0 Å². The van der Waals surface area contributed by atoms with Gasteiger partial charge < -0.3 is 9.84 Å². The van der Waals surface area contributed by atoms with Crippen LogP contribution in [0.25, 0.3) is 0 Å². The van der Waals surface area contributed by atoms with Crippen molar-refractivity contribution < 1.29 is 9.84 Å². The molecule has 16 heavy (non-hydrogen) atoms. The maximum absolute atomic E-state index is 10.3. The first-order valence-corrected chi connectivity index (χ1v) is 6.01. The maximum atomic E-state index is 10.3. The molecule has 1 saturated heterocycles. The molecule has 0 radical (unpaired) electrons. The van der Waals surface area contributed by atoms with Crippen LogP contribution in [-0.4, -0.2) is 18.3 Å². The zero-order valence-corrected chi connectivity index (χ0v) is 10.1. The van der Waals surface area contributed by atoms with E-state index in [2.05, 4.69) is 26.0 Å². The molecule has 2 rings (SSSR count). The Morgan fingerprint density at radius 3 is 2.50 bits per heavy atom. The third-order valence-corrected chi connectivity index (χ3v) is 3.58. The fourth-order valence-electron chi connectivity index (χ4n) is 2.25. The summed E-state index contributed by atoms with van der Waals surface area (Å²) >= 11 is 0. The minimum Gasteiger partial charge on any atom is -0.388 e. The summed E-state index contributed by atoms with van der Waals surface area (Å²) in [6, 6.07) is 6.24. The lowest BCUT2D eigenvalue weighted by Gasteiger charge is -2.27. The first-order valence-electron chi connectivity index (χ1n) is 6.01. The zero-order chi connectivity index (χ0) is 11.5. The van der Waals surface area contributed by atoms with E-state index in [4.69, 9.17) is 4.74 Å². The SMILES string of the molecule is Cc1ccc(C(O)C2CCOCC2)cc1C. The number of benzene rings is 1. The Labute approximate surface area is 97.3 Å². The normalized spacial score (nSPS) is 19.7. The Balaban J connectivity index is 2.12. The van der Waals surface area contributed by atoms with Gasteiger partial charge in [-0.25, -0.2) is 0 Å². The Bertz CT molecular complexity index is 354. The first-order chi connectivity index (χ1) is 7.68. The second kappa shape index (κ2) is 4.98. The van der Waals surface area contributed by atoms with Crippen molar-refractivity contribution in [1.29, 1.82) is 0 Å². The van der Waals surface area contributed by atoms with Gasteiger partial charge in [0.05, 0.1) is 6.10 Å². The van der Waals surface area contributed by atoms with E-state index in [1.807, 2.05) is 6.07 Å². The summed E-state index contributed by atoms with van der Waals surface area (Å²) in [5, 5.41) is 10.3. The first kappa shape index (κ1) is 11.6. The highest BCUT2D eigenvalue weighted by Gasteiger charge is 2.23. The smallest absolute Gasteiger partial charge is 0.0820 e. The Morgan fingerprint density at radius 2 is 1.88 bits per heavy atom. The van der Waals surface area contributed by atoms with E-state index >= 15 is 0 Å². The second-order valence-corrected chi connectivity index (χ2v) is 4.74. The molecule has 0 aromatic heterocycles. The molecule has 0 amide bonds. The Hall–Kier alpha value is -0.860. The van der Waals surface area contributed by atoms with E-state index in [0.29, 0.717) is 5.92 Å². The number of aliphatic hydroxyl groups is 1. The summed E-state index contributed by atoms with van der Waals surface area (Å²) in [6.07, 6.45) is 1.60. The number of hydrogen-bond acceptors (Lipinski definition) is 2. The fourth-order valence-corrected chi connectivity index (χ4v) is 2.25. The zero-order valence-electron chi connectivity index (χ0n) is 10.1. The van der Waals surface area contributed by atoms with Crippen molar-refractivity contribution in [1.82, 2.24) is 0 Å². The van der Waals surface area contributed by atoms with Crippen molar-refractivity contribution in [3.63, 3.8) is 0 Å². The van der Waals surface area contributed by atoms with Crippen LogP contribution in [-0.2, 0) is 4.74 Å². The van der Waals surface area contributed by atoms with Crippen molar-refractivity contribution in [2.75, 3.05) is 13.2 Å². The van der Waals surface area contributed by atoms with Crippen molar-refractivity contribution in [2.45, 2.75) is 32.8 Å². The van der Waals surface area contributed by atoms with Crippen LogP contribution < -0.4 is 0 Å². The van der Waals surface area contributed by atoms with Crippen LogP contribution in [0.15, 0.2) is 18.2 Å². The Morgan fingerprint density at radius 1 is 1.19 bits per heavy atom. The van der Waals surface area contributed by atoms with Crippen molar-refractivity contribution in [3.05, 3.63) is 34.9 Å². The highest BCUT2D eigenvalue weighted by atomic mass is 16.5. The maximum Gasteiger partial charge on any atom is 0.0820 e. The fraction of sp³-hybridized carbons (Fsp3) is 0.571. The van der Waals surface area contributed by atoms with Gasteiger partial charge in [-0.05, 0) is 49.3 Å². The van der Waals surface area contributed by atoms with Crippen LogP contribution in [0, 0.1) is 19.8 Å². The summed E-state index contributed by atoms with van der Waals surface area (Å²) in [4.78, 5) is 0. The van der Waals surface area contributed by atoms with E-state index in [1.165, 1.54) is 11.1 Å². The van der Waals surface area contributed by atoms with E-state index in [9.17, 15) is 5.11 Å². The van der Waals surface area contributed by atoms with Crippen LogP contribution in [0.4, 0.5) is 0 Å². The van der Waals surface area contributed by atoms with Gasteiger partial charge in [0.25, 0.3) is 0 Å². The van der Waals surface area contributed by atoms with Gasteiger partial charge in [0, 0.05) is 13.2 Å². The number of ether oxygens (including phenoxy) is 1. The number of rotatable bonds is 2. The average molecular weight is 220 g/mol. The molecule has 2 nitrogen and oxygen atoms in total. The molecule has 0 aliphatic carbocycles. The van der Waals surface area contributed by atoms with Crippen LogP contribution in [0.3, 0.4) is 0 Å². The monoisotopic (exact) mass is 220 g/mol. The number of aliphatic hydroxyl groups excluding tert-OH is 1. The van der Waals surface area contributed by atoms with E-state index in [-0.39, 0.29) is 6.10 Å². The minimum atomic E-state index is -0.330. The molecule has 1 aliphatic rings. The molecule has 0 spiro atoms. The molecule has 1 N–H and O–H groups in total. The van der Waals surface area contributed by atoms with Crippen LogP contribution in [0.2, 0.25) is 0 Å². The molecule has 2 heteroatoms. The summed E-state index contributed by atoms with van der Waals surface area (Å²) in [7, 11) is 0. The lowest BCUT2D eigenvalue weighted by molar-refractivity contribution is 0.00716. The molecule has 88 valence electrons. The Kier molecular flexibility index (Phi) is 3.62. The molecular formula is C14H20O2. The van der Waals surface area contributed by atoms with Crippen LogP contribution in [0.1, 0.15) is 35.6 Å². The summed E-state index contributed by atoms with van der Waals surface area (Å²) in [5.74, 6) is 0.357.